The number of fused-ring (bicyclic) bond motifs is 2. The monoisotopic (exact) mass is 662 g/mol. The number of esters is 1. The van der Waals surface area contributed by atoms with Crippen molar-refractivity contribution >= 4 is 38.7 Å². The number of carbonyl (C=O) groups is 1. The molecule has 0 unspecified atom stereocenters. The summed E-state index contributed by atoms with van der Waals surface area (Å²) in [6.45, 7) is 16.9. The van der Waals surface area contributed by atoms with Gasteiger partial charge in [-0.3, -0.25) is 0 Å². The van der Waals surface area contributed by atoms with Crippen LogP contribution in [-0.2, 0) is 15.6 Å². The average molecular weight is 662 g/mol. The van der Waals surface area contributed by atoms with Crippen LogP contribution in [0.4, 0.5) is 0 Å². The zero-order chi connectivity index (χ0) is 29.8. The number of ether oxygens (including phenoxy) is 1. The van der Waals surface area contributed by atoms with Crippen LogP contribution >= 0.6 is 0 Å². The van der Waals surface area contributed by atoms with E-state index >= 15 is 0 Å². The van der Waals surface area contributed by atoms with Crippen LogP contribution in [0.1, 0.15) is 121 Å². The van der Waals surface area contributed by atoms with Crippen LogP contribution in [0.25, 0.3) is 21.9 Å². The van der Waals surface area contributed by atoms with E-state index in [1.165, 1.54) is 88.3 Å². The van der Waals surface area contributed by atoms with E-state index in [2.05, 4.69) is 84.9 Å². The Kier molecular flexibility index (Phi) is 10.4. The fourth-order valence-corrected chi connectivity index (χ4v) is 24.1. The van der Waals surface area contributed by atoms with E-state index in [1.807, 2.05) is 12.1 Å². The first kappa shape index (κ1) is 32.1. The third-order valence-corrected chi connectivity index (χ3v) is 25.8. The zero-order valence-electron chi connectivity index (χ0n) is 27.2. The number of carbonyl (C=O) groups excluding carboxylic acids is 1. The van der Waals surface area contributed by atoms with Crippen LogP contribution < -0.4 is 3.58 Å². The third-order valence-electron chi connectivity index (χ3n) is 10.2. The van der Waals surface area contributed by atoms with Gasteiger partial charge < -0.3 is 0 Å². The van der Waals surface area contributed by atoms with Gasteiger partial charge in [-0.1, -0.05) is 0 Å². The number of hydrogen-bond donors (Lipinski definition) is 0. The van der Waals surface area contributed by atoms with Crippen molar-refractivity contribution < 1.29 is 9.53 Å². The van der Waals surface area contributed by atoms with Gasteiger partial charge in [0.2, 0.25) is 0 Å². The van der Waals surface area contributed by atoms with Crippen molar-refractivity contribution in [2.24, 2.45) is 0 Å². The molecule has 0 radical (unpaired) electrons. The average Bonchev–Trinajstić information content (AvgIpc) is 2.98. The summed E-state index contributed by atoms with van der Waals surface area (Å²) in [6, 6.07) is 18.4. The first-order chi connectivity index (χ1) is 19.5. The zero-order valence-corrected chi connectivity index (χ0v) is 30.1. The van der Waals surface area contributed by atoms with Crippen molar-refractivity contribution in [3.05, 3.63) is 65.2 Å². The van der Waals surface area contributed by atoms with Gasteiger partial charge in [-0.25, -0.2) is 0 Å². The SMILES string of the molecule is CCC[CH2][Sn]([CH2]CCC)([CH2]CCC)[c]1cc(-c2ccc(C(=O)OC)cc2)cc2cc3c(cc12)C(C)(C)CCC3(C)C. The van der Waals surface area contributed by atoms with Crippen LogP contribution in [-0.4, -0.2) is 31.5 Å². The Hall–Kier alpha value is -1.81. The van der Waals surface area contributed by atoms with Gasteiger partial charge in [-0.2, -0.15) is 0 Å². The van der Waals surface area contributed by atoms with Crippen LogP contribution in [0.15, 0.2) is 48.5 Å². The molecule has 0 heterocycles. The molecule has 2 nitrogen and oxygen atoms in total. The molecular weight excluding hydrogens is 607 g/mol. The second-order valence-corrected chi connectivity index (χ2v) is 27.2. The van der Waals surface area contributed by atoms with Crippen molar-refractivity contribution in [2.75, 3.05) is 7.11 Å². The standard InChI is InChI=1S/C26H27O2.3C4H9.Sn/c1-25(2)12-13-26(3,4)23-16-21-14-19(10-11-20(21)15-22(23)25)17-6-8-18(9-7-17)24(27)28-5;3*1-3-4-2;/h6-10,14-16H,12-13H2,1-5H3;3*1,3-4H2,2H3;. The molecule has 4 rings (SSSR count). The van der Waals surface area contributed by atoms with E-state index < -0.39 is 18.4 Å². The second kappa shape index (κ2) is 13.2. The van der Waals surface area contributed by atoms with Gasteiger partial charge in [0.25, 0.3) is 0 Å². The van der Waals surface area contributed by atoms with Gasteiger partial charge >= 0.3 is 256 Å². The van der Waals surface area contributed by atoms with E-state index in [9.17, 15) is 4.79 Å². The van der Waals surface area contributed by atoms with Crippen LogP contribution in [0.2, 0.25) is 13.3 Å². The van der Waals surface area contributed by atoms with Crippen LogP contribution in [0.3, 0.4) is 0 Å². The summed E-state index contributed by atoms with van der Waals surface area (Å²) in [7, 11) is 1.45. The topological polar surface area (TPSA) is 26.3 Å². The molecule has 0 bridgehead atoms. The van der Waals surface area contributed by atoms with Crippen molar-refractivity contribution in [1.29, 1.82) is 0 Å². The molecule has 0 aliphatic heterocycles. The van der Waals surface area contributed by atoms with Gasteiger partial charge in [-0.05, 0) is 0 Å². The Labute approximate surface area is 254 Å². The molecule has 41 heavy (non-hydrogen) atoms. The number of methoxy groups -OCH3 is 1. The summed E-state index contributed by atoms with van der Waals surface area (Å²) in [4.78, 5) is 12.2. The summed E-state index contributed by atoms with van der Waals surface area (Å²) in [6.07, 6.45) is 10.4. The maximum absolute atomic E-state index is 12.2. The normalized spacial score (nSPS) is 16.0. The fourth-order valence-electron chi connectivity index (χ4n) is 7.27. The van der Waals surface area contributed by atoms with Gasteiger partial charge in [0, 0.05) is 0 Å². The van der Waals surface area contributed by atoms with Gasteiger partial charge in [-0.15, -0.1) is 0 Å². The third kappa shape index (κ3) is 6.73. The quantitative estimate of drug-likeness (QED) is 0.143. The Morgan fingerprint density at radius 3 is 1.73 bits per heavy atom. The summed E-state index contributed by atoms with van der Waals surface area (Å²) in [5, 5.41) is 2.98. The summed E-state index contributed by atoms with van der Waals surface area (Å²) in [5.74, 6) is -0.277. The van der Waals surface area contributed by atoms with Gasteiger partial charge in [0.1, 0.15) is 0 Å². The van der Waals surface area contributed by atoms with Crippen molar-refractivity contribution in [2.45, 2.75) is 124 Å². The Bertz CT molecular complexity index is 1330. The number of unbranched alkanes of at least 4 members (excludes halogenated alkanes) is 3. The molecule has 3 heteroatoms. The Morgan fingerprint density at radius 2 is 1.24 bits per heavy atom. The van der Waals surface area contributed by atoms with Gasteiger partial charge in [0.05, 0.1) is 0 Å². The van der Waals surface area contributed by atoms with Crippen LogP contribution in [0, 0.1) is 0 Å². The molecule has 0 amide bonds. The maximum atomic E-state index is 12.2. The van der Waals surface area contributed by atoms with E-state index in [0.29, 0.717) is 5.56 Å². The molecule has 0 saturated carbocycles. The van der Waals surface area contributed by atoms with Crippen molar-refractivity contribution in [3.8, 4) is 11.1 Å². The molecule has 0 spiro atoms. The first-order valence-electron chi connectivity index (χ1n) is 16.3. The van der Waals surface area contributed by atoms with Crippen molar-refractivity contribution in [1.82, 2.24) is 0 Å². The molecule has 1 aliphatic rings. The minimum absolute atomic E-state index is 0.185. The number of hydrogen-bond acceptors (Lipinski definition) is 2. The molecule has 0 saturated heterocycles. The molecule has 222 valence electrons. The van der Waals surface area contributed by atoms with E-state index in [-0.39, 0.29) is 16.8 Å². The fraction of sp³-hybridized carbons (Fsp3) is 0.553. The molecule has 3 aromatic carbocycles. The Morgan fingerprint density at radius 1 is 0.732 bits per heavy atom. The molecular formula is C38H54O2Sn. The Balaban J connectivity index is 2.05. The molecule has 0 N–H and O–H groups in total. The predicted molar refractivity (Wildman–Crippen MR) is 181 cm³/mol. The summed E-state index contributed by atoms with van der Waals surface area (Å²) >= 11 is -2.81. The second-order valence-electron chi connectivity index (χ2n) is 14.1. The molecule has 1 aliphatic carbocycles. The number of benzene rings is 3. The van der Waals surface area contributed by atoms with Gasteiger partial charge in [0.15, 0.2) is 0 Å². The van der Waals surface area contributed by atoms with Crippen LogP contribution in [0.5, 0.6) is 0 Å². The van der Waals surface area contributed by atoms with Crippen molar-refractivity contribution in [3.63, 3.8) is 0 Å². The molecule has 0 aromatic heterocycles. The molecule has 0 fully saturated rings. The molecule has 0 atom stereocenters. The first-order valence-corrected chi connectivity index (χ1v) is 23.8. The molecule has 3 aromatic rings. The summed E-state index contributed by atoms with van der Waals surface area (Å²) in [5.41, 5.74) is 6.62. The minimum atomic E-state index is -2.81. The van der Waals surface area contributed by atoms with E-state index in [4.69, 9.17) is 4.74 Å². The summed E-state index contributed by atoms with van der Waals surface area (Å²) < 4.78 is 11.1. The van der Waals surface area contributed by atoms with E-state index in [1.54, 1.807) is 20.1 Å². The van der Waals surface area contributed by atoms with E-state index in [0.717, 1.165) is 0 Å². The predicted octanol–water partition coefficient (Wildman–Crippen LogP) is 10.7. The number of rotatable bonds is 12.